The minimum Gasteiger partial charge on any atom is -0.487 e. The minimum absolute atomic E-state index is 0.00332. The highest BCUT2D eigenvalue weighted by molar-refractivity contribution is 7.92. The fourth-order valence-corrected chi connectivity index (χ4v) is 5.53. The number of amides is 1. The molecular formula is C24H20ClF3N2O4S. The predicted molar refractivity (Wildman–Crippen MR) is 127 cm³/mol. The molecule has 1 unspecified atom stereocenters. The van der Waals surface area contributed by atoms with Crippen molar-refractivity contribution in [1.82, 2.24) is 0 Å². The van der Waals surface area contributed by atoms with E-state index >= 15 is 0 Å². The summed E-state index contributed by atoms with van der Waals surface area (Å²) in [5.41, 5.74) is -0.794. The number of halogens is 4. The van der Waals surface area contributed by atoms with E-state index in [2.05, 4.69) is 5.32 Å². The highest BCUT2D eigenvalue weighted by atomic mass is 35.5. The lowest BCUT2D eigenvalue weighted by molar-refractivity contribution is -0.137. The van der Waals surface area contributed by atoms with Gasteiger partial charge in [0.2, 0.25) is 0 Å². The van der Waals surface area contributed by atoms with Crippen LogP contribution in [0.1, 0.15) is 28.4 Å². The average Bonchev–Trinajstić information content (AvgIpc) is 2.78. The second-order valence-corrected chi connectivity index (χ2v) is 10.3. The summed E-state index contributed by atoms with van der Waals surface area (Å²) in [6, 6.07) is 13.6. The van der Waals surface area contributed by atoms with Gasteiger partial charge in [-0.05, 0) is 56.3 Å². The molecule has 0 aliphatic carbocycles. The molecule has 0 fully saturated rings. The van der Waals surface area contributed by atoms with Crippen LogP contribution in [0.4, 0.5) is 24.5 Å². The first kappa shape index (κ1) is 24.9. The van der Waals surface area contributed by atoms with E-state index in [0.29, 0.717) is 0 Å². The number of benzene rings is 3. The van der Waals surface area contributed by atoms with Crippen molar-refractivity contribution in [3.8, 4) is 5.75 Å². The summed E-state index contributed by atoms with van der Waals surface area (Å²) in [4.78, 5) is 12.9. The monoisotopic (exact) mass is 524 g/mol. The Bertz CT molecular complexity index is 1390. The zero-order chi connectivity index (χ0) is 25.5. The van der Waals surface area contributed by atoms with Gasteiger partial charge >= 0.3 is 6.18 Å². The van der Waals surface area contributed by atoms with Crippen LogP contribution in [0.3, 0.4) is 0 Å². The molecule has 1 aliphatic heterocycles. The zero-order valence-corrected chi connectivity index (χ0v) is 20.1. The molecule has 0 saturated heterocycles. The van der Waals surface area contributed by atoms with Crippen LogP contribution in [0.25, 0.3) is 0 Å². The Hall–Kier alpha value is -3.24. The number of sulfonamides is 1. The molecule has 184 valence electrons. The maximum Gasteiger partial charge on any atom is 0.417 e. The molecular weight excluding hydrogens is 505 g/mol. The molecule has 3 aromatic rings. The third kappa shape index (κ3) is 4.94. The first-order valence-electron chi connectivity index (χ1n) is 10.4. The van der Waals surface area contributed by atoms with Gasteiger partial charge in [0.15, 0.2) is 0 Å². The van der Waals surface area contributed by atoms with E-state index in [1.165, 1.54) is 36.4 Å². The van der Waals surface area contributed by atoms with Crippen molar-refractivity contribution in [3.63, 3.8) is 0 Å². The number of ether oxygens (including phenoxy) is 1. The van der Waals surface area contributed by atoms with Gasteiger partial charge in [-0.3, -0.25) is 9.10 Å². The molecule has 11 heteroatoms. The third-order valence-corrected chi connectivity index (χ3v) is 7.50. The van der Waals surface area contributed by atoms with Gasteiger partial charge < -0.3 is 10.1 Å². The Kier molecular flexibility index (Phi) is 6.46. The largest absolute Gasteiger partial charge is 0.487 e. The first-order chi connectivity index (χ1) is 16.4. The number of anilines is 2. The number of alkyl halides is 3. The molecule has 3 aromatic carbocycles. The van der Waals surface area contributed by atoms with E-state index in [1.807, 2.05) is 6.92 Å². The van der Waals surface area contributed by atoms with Gasteiger partial charge in [0.1, 0.15) is 11.9 Å². The van der Waals surface area contributed by atoms with Gasteiger partial charge in [-0.15, -0.1) is 0 Å². The van der Waals surface area contributed by atoms with Crippen molar-refractivity contribution >= 4 is 38.9 Å². The van der Waals surface area contributed by atoms with Crippen LogP contribution < -0.4 is 14.4 Å². The fraction of sp³-hybridized carbons (Fsp3) is 0.208. The molecule has 0 aromatic heterocycles. The smallest absolute Gasteiger partial charge is 0.417 e. The van der Waals surface area contributed by atoms with Crippen LogP contribution in [0.15, 0.2) is 65.6 Å². The second kappa shape index (κ2) is 9.09. The number of carbonyl (C=O) groups excluding carboxylic acids is 1. The van der Waals surface area contributed by atoms with E-state index < -0.39 is 39.3 Å². The topological polar surface area (TPSA) is 75.7 Å². The van der Waals surface area contributed by atoms with E-state index in [9.17, 15) is 26.4 Å². The number of hydrogen-bond donors (Lipinski definition) is 1. The van der Waals surface area contributed by atoms with Crippen molar-refractivity contribution in [3.05, 3.63) is 82.4 Å². The molecule has 1 N–H and O–H groups in total. The quantitative estimate of drug-likeness (QED) is 0.461. The van der Waals surface area contributed by atoms with Gasteiger partial charge in [0.25, 0.3) is 15.9 Å². The molecule has 0 spiro atoms. The zero-order valence-electron chi connectivity index (χ0n) is 18.6. The molecule has 1 aliphatic rings. The average molecular weight is 525 g/mol. The Morgan fingerprint density at radius 1 is 1.11 bits per heavy atom. The molecule has 4 rings (SSSR count). The molecule has 1 heterocycles. The van der Waals surface area contributed by atoms with Gasteiger partial charge in [0, 0.05) is 5.69 Å². The first-order valence-corrected chi connectivity index (χ1v) is 12.3. The second-order valence-electron chi connectivity index (χ2n) is 8.07. The van der Waals surface area contributed by atoms with E-state index in [-0.39, 0.29) is 33.6 Å². The predicted octanol–water partition coefficient (Wildman–Crippen LogP) is 5.90. The standard InChI is InChI=1S/C24H20ClF3N2O4S/c1-14-6-9-17(10-7-14)35(32,33)30-13-15(2)34-21-11-8-16(12-20(21)30)29-23(31)22-18(24(26,27)28)4-3-5-19(22)25/h3-12,15H,13H2,1-2H3,(H,29,31). The van der Waals surface area contributed by atoms with Crippen LogP contribution in [0.2, 0.25) is 5.02 Å². The molecule has 0 radical (unpaired) electrons. The van der Waals surface area contributed by atoms with Gasteiger partial charge in [-0.25, -0.2) is 8.42 Å². The van der Waals surface area contributed by atoms with Crippen molar-refractivity contribution in [2.75, 3.05) is 16.2 Å². The summed E-state index contributed by atoms with van der Waals surface area (Å²) < 4.78 is 74.0. The number of nitrogens with one attached hydrogen (secondary N) is 1. The summed E-state index contributed by atoms with van der Waals surface area (Å²) in [5, 5.41) is 2.03. The molecule has 0 saturated carbocycles. The van der Waals surface area contributed by atoms with Crippen molar-refractivity contribution in [2.24, 2.45) is 0 Å². The van der Waals surface area contributed by atoms with Crippen LogP contribution in [0.5, 0.6) is 5.75 Å². The van der Waals surface area contributed by atoms with Gasteiger partial charge in [0.05, 0.1) is 33.3 Å². The number of carbonyl (C=O) groups is 1. The fourth-order valence-electron chi connectivity index (χ4n) is 3.73. The van der Waals surface area contributed by atoms with Gasteiger partial charge in [-0.2, -0.15) is 13.2 Å². The Morgan fingerprint density at radius 3 is 2.46 bits per heavy atom. The molecule has 1 amide bonds. The molecule has 6 nitrogen and oxygen atoms in total. The van der Waals surface area contributed by atoms with Gasteiger partial charge in [-0.1, -0.05) is 35.4 Å². The number of hydrogen-bond acceptors (Lipinski definition) is 4. The number of aryl methyl sites for hydroxylation is 1. The minimum atomic E-state index is -4.80. The Balaban J connectivity index is 1.72. The molecule has 0 bridgehead atoms. The van der Waals surface area contributed by atoms with Crippen molar-refractivity contribution in [2.45, 2.75) is 31.0 Å². The summed E-state index contributed by atoms with van der Waals surface area (Å²) in [5.74, 6) is -0.827. The Morgan fingerprint density at radius 2 is 1.80 bits per heavy atom. The SMILES string of the molecule is Cc1ccc(S(=O)(=O)N2CC(C)Oc3ccc(NC(=O)c4c(Cl)cccc4C(F)(F)F)cc32)cc1. The summed E-state index contributed by atoms with van der Waals surface area (Å²) in [6.07, 6.45) is -5.25. The van der Waals surface area contributed by atoms with E-state index in [1.54, 1.807) is 19.1 Å². The van der Waals surface area contributed by atoms with E-state index in [4.69, 9.17) is 16.3 Å². The molecule has 1 atom stereocenters. The number of nitrogens with zero attached hydrogens (tertiary/aromatic N) is 1. The van der Waals surface area contributed by atoms with Crippen LogP contribution >= 0.6 is 11.6 Å². The number of fused-ring (bicyclic) bond motifs is 1. The van der Waals surface area contributed by atoms with Crippen molar-refractivity contribution in [1.29, 1.82) is 0 Å². The normalized spacial score (nSPS) is 15.8. The van der Waals surface area contributed by atoms with Crippen LogP contribution in [0, 0.1) is 6.92 Å². The third-order valence-electron chi connectivity index (χ3n) is 5.39. The lowest BCUT2D eigenvalue weighted by atomic mass is 10.1. The summed E-state index contributed by atoms with van der Waals surface area (Å²) in [6.45, 7) is 3.55. The summed E-state index contributed by atoms with van der Waals surface area (Å²) in [7, 11) is -3.98. The number of rotatable bonds is 4. The van der Waals surface area contributed by atoms with Crippen LogP contribution in [-0.4, -0.2) is 27.0 Å². The highest BCUT2D eigenvalue weighted by Crippen LogP contribution is 2.40. The highest BCUT2D eigenvalue weighted by Gasteiger charge is 2.37. The lowest BCUT2D eigenvalue weighted by Gasteiger charge is -2.34. The molecule has 35 heavy (non-hydrogen) atoms. The van der Waals surface area contributed by atoms with E-state index in [0.717, 1.165) is 22.0 Å². The maximum absolute atomic E-state index is 13.4. The maximum atomic E-state index is 13.4. The lowest BCUT2D eigenvalue weighted by Crippen LogP contribution is -2.42. The summed E-state index contributed by atoms with van der Waals surface area (Å²) >= 11 is 5.92. The Labute approximate surface area is 205 Å². The van der Waals surface area contributed by atoms with Crippen molar-refractivity contribution < 1.29 is 31.1 Å². The van der Waals surface area contributed by atoms with Crippen LogP contribution in [-0.2, 0) is 16.2 Å².